The van der Waals surface area contributed by atoms with Crippen LogP contribution in [-0.2, 0) is 10.2 Å². The Kier molecular flexibility index (Phi) is 5.24. The molecule has 1 N–H and O–H groups in total. The fraction of sp³-hybridized carbons (Fsp3) is 0.364. The van der Waals surface area contributed by atoms with Crippen molar-refractivity contribution >= 4 is 51.6 Å². The van der Waals surface area contributed by atoms with E-state index in [0.29, 0.717) is 16.0 Å². The fourth-order valence-corrected chi connectivity index (χ4v) is 5.66. The molecule has 3 atom stereocenters. The molecule has 2 heterocycles. The summed E-state index contributed by atoms with van der Waals surface area (Å²) in [6.07, 6.45) is 2.83. The Labute approximate surface area is 179 Å². The molecule has 3 nitrogen and oxygen atoms in total. The summed E-state index contributed by atoms with van der Waals surface area (Å²) in [6.45, 7) is 4.37. The zero-order valence-electron chi connectivity index (χ0n) is 16.0. The third kappa shape index (κ3) is 2.97. The molecule has 0 aromatic heterocycles. The Bertz CT molecular complexity index is 975. The van der Waals surface area contributed by atoms with Crippen LogP contribution in [0.15, 0.2) is 47.5 Å². The van der Waals surface area contributed by atoms with E-state index in [4.69, 9.17) is 28.2 Å². The van der Waals surface area contributed by atoms with Gasteiger partial charge in [-0.15, -0.1) is 11.8 Å². The number of hydrogen-bond acceptors (Lipinski definition) is 3. The molecule has 146 valence electrons. The second-order valence-electron chi connectivity index (χ2n) is 7.75. The van der Waals surface area contributed by atoms with Crippen LogP contribution in [0.3, 0.4) is 0 Å². The molecule has 0 fully saturated rings. The number of nitrogens with zero attached hydrogens (tertiary/aromatic N) is 1. The first kappa shape index (κ1) is 19.8. The summed E-state index contributed by atoms with van der Waals surface area (Å²) in [5, 5.41) is 5.43. The molecule has 1 spiro atoms. The molecule has 0 saturated heterocycles. The van der Waals surface area contributed by atoms with Crippen LogP contribution in [-0.4, -0.2) is 17.2 Å². The molecule has 2 aliphatic heterocycles. The van der Waals surface area contributed by atoms with E-state index < -0.39 is 5.41 Å². The number of rotatable bonds is 2. The largest absolute Gasteiger partial charge is 0.325 e. The van der Waals surface area contributed by atoms with Gasteiger partial charge in [0.25, 0.3) is 0 Å². The third-order valence-electron chi connectivity index (χ3n) is 5.94. The lowest BCUT2D eigenvalue weighted by Crippen LogP contribution is -2.51. The van der Waals surface area contributed by atoms with Crippen molar-refractivity contribution in [3.05, 3.63) is 63.6 Å². The summed E-state index contributed by atoms with van der Waals surface area (Å²) in [6, 6.07) is 13.1. The second kappa shape index (κ2) is 7.40. The lowest BCUT2D eigenvalue weighted by atomic mass is 9.59. The van der Waals surface area contributed by atoms with E-state index in [2.05, 4.69) is 19.2 Å². The quantitative estimate of drug-likeness (QED) is 0.599. The molecule has 2 aliphatic rings. The van der Waals surface area contributed by atoms with E-state index in [1.165, 1.54) is 0 Å². The minimum atomic E-state index is -0.780. The van der Waals surface area contributed by atoms with E-state index in [-0.39, 0.29) is 17.9 Å². The summed E-state index contributed by atoms with van der Waals surface area (Å²) in [5.74, 6) is 0.405. The van der Waals surface area contributed by atoms with Gasteiger partial charge in [-0.3, -0.25) is 9.79 Å². The van der Waals surface area contributed by atoms with Gasteiger partial charge in [0.05, 0.1) is 11.1 Å². The topological polar surface area (TPSA) is 41.5 Å². The minimum absolute atomic E-state index is 0.00246. The highest BCUT2D eigenvalue weighted by Crippen LogP contribution is 2.58. The zero-order chi connectivity index (χ0) is 20.1. The van der Waals surface area contributed by atoms with E-state index >= 15 is 0 Å². The maximum atomic E-state index is 13.6. The smallest absolute Gasteiger partial charge is 0.237 e. The number of nitrogens with one attached hydrogen (secondary N) is 1. The molecule has 4 rings (SSSR count). The van der Waals surface area contributed by atoms with E-state index in [1.807, 2.05) is 48.7 Å². The van der Waals surface area contributed by atoms with Crippen LogP contribution in [0.2, 0.25) is 10.0 Å². The number of carbonyl (C=O) groups excluding carboxylic acids is 1. The number of aliphatic imine (C=N–C) groups is 1. The maximum Gasteiger partial charge on any atom is 0.237 e. The Balaban J connectivity index is 2.02. The average Bonchev–Trinajstić information content (AvgIpc) is 2.93. The van der Waals surface area contributed by atoms with Gasteiger partial charge >= 0.3 is 0 Å². The van der Waals surface area contributed by atoms with Gasteiger partial charge in [0.1, 0.15) is 5.41 Å². The number of benzene rings is 2. The van der Waals surface area contributed by atoms with Crippen molar-refractivity contribution in [2.75, 3.05) is 11.6 Å². The zero-order valence-corrected chi connectivity index (χ0v) is 18.3. The van der Waals surface area contributed by atoms with Crippen molar-refractivity contribution in [1.82, 2.24) is 0 Å². The SMILES string of the molecule is CSC1=N[C@@H](c2cccc(Cl)c2)[C@@]2(C(=O)Nc3cc(Cl)ccc32)C(C(C)C)C1. The van der Waals surface area contributed by atoms with Crippen LogP contribution in [0.1, 0.15) is 37.4 Å². The molecule has 0 aliphatic carbocycles. The molecular formula is C22H22Cl2N2OS. The van der Waals surface area contributed by atoms with Gasteiger partial charge in [-0.2, -0.15) is 0 Å². The Morgan fingerprint density at radius 3 is 2.61 bits per heavy atom. The number of amides is 1. The van der Waals surface area contributed by atoms with Crippen molar-refractivity contribution in [1.29, 1.82) is 0 Å². The van der Waals surface area contributed by atoms with Crippen LogP contribution in [0.5, 0.6) is 0 Å². The van der Waals surface area contributed by atoms with Gasteiger partial charge in [0.2, 0.25) is 5.91 Å². The van der Waals surface area contributed by atoms with Gasteiger partial charge in [-0.1, -0.05) is 55.2 Å². The highest BCUT2D eigenvalue weighted by molar-refractivity contribution is 8.13. The summed E-state index contributed by atoms with van der Waals surface area (Å²) >= 11 is 14.2. The fourth-order valence-electron chi connectivity index (χ4n) is 4.73. The number of carbonyl (C=O) groups is 1. The highest BCUT2D eigenvalue weighted by Gasteiger charge is 2.60. The van der Waals surface area contributed by atoms with Crippen molar-refractivity contribution in [3.63, 3.8) is 0 Å². The van der Waals surface area contributed by atoms with Gasteiger partial charge < -0.3 is 5.32 Å². The molecular weight excluding hydrogens is 411 g/mol. The predicted molar refractivity (Wildman–Crippen MR) is 120 cm³/mol. The number of halogens is 2. The standard InChI is InChI=1S/C22H22Cl2N2OS/c1-12(2)17-11-19(28-3)26-20(13-5-4-6-14(23)9-13)22(17)16-8-7-15(24)10-18(16)25-21(22)27/h4-10,12,17,20H,11H2,1-3H3,(H,25,27)/t17?,20-,22-/m0/s1. The van der Waals surface area contributed by atoms with Crippen LogP contribution in [0, 0.1) is 11.8 Å². The average molecular weight is 433 g/mol. The Morgan fingerprint density at radius 2 is 1.93 bits per heavy atom. The Morgan fingerprint density at radius 1 is 1.18 bits per heavy atom. The monoisotopic (exact) mass is 432 g/mol. The van der Waals surface area contributed by atoms with E-state index in [1.54, 1.807) is 11.8 Å². The van der Waals surface area contributed by atoms with Crippen LogP contribution < -0.4 is 5.32 Å². The van der Waals surface area contributed by atoms with E-state index in [9.17, 15) is 4.79 Å². The van der Waals surface area contributed by atoms with Crippen LogP contribution in [0.25, 0.3) is 0 Å². The first-order chi connectivity index (χ1) is 13.4. The summed E-state index contributed by atoms with van der Waals surface area (Å²) in [5.41, 5.74) is 1.95. The summed E-state index contributed by atoms with van der Waals surface area (Å²) < 4.78 is 0. The number of hydrogen-bond donors (Lipinski definition) is 1. The molecule has 2 aromatic carbocycles. The number of anilines is 1. The third-order valence-corrected chi connectivity index (χ3v) is 7.15. The first-order valence-electron chi connectivity index (χ1n) is 9.35. The highest BCUT2D eigenvalue weighted by atomic mass is 35.5. The van der Waals surface area contributed by atoms with Gasteiger partial charge in [0, 0.05) is 15.7 Å². The lowest BCUT2D eigenvalue weighted by molar-refractivity contribution is -0.124. The maximum absolute atomic E-state index is 13.6. The molecule has 0 saturated carbocycles. The number of thioether (sulfide) groups is 1. The minimum Gasteiger partial charge on any atom is -0.325 e. The first-order valence-corrected chi connectivity index (χ1v) is 11.3. The lowest BCUT2D eigenvalue weighted by Gasteiger charge is -2.46. The van der Waals surface area contributed by atoms with Crippen LogP contribution in [0.4, 0.5) is 5.69 Å². The summed E-state index contributed by atoms with van der Waals surface area (Å²) in [4.78, 5) is 18.7. The molecule has 2 aromatic rings. The van der Waals surface area contributed by atoms with Crippen molar-refractivity contribution < 1.29 is 4.79 Å². The van der Waals surface area contributed by atoms with Crippen molar-refractivity contribution in [3.8, 4) is 0 Å². The van der Waals surface area contributed by atoms with Gasteiger partial charge in [0.15, 0.2) is 0 Å². The number of fused-ring (bicyclic) bond motifs is 2. The second-order valence-corrected chi connectivity index (χ2v) is 9.50. The Hall–Kier alpha value is -1.49. The van der Waals surface area contributed by atoms with Crippen molar-refractivity contribution in [2.24, 2.45) is 16.8 Å². The van der Waals surface area contributed by atoms with Gasteiger partial charge in [-0.05, 0) is 59.9 Å². The van der Waals surface area contributed by atoms with Crippen molar-refractivity contribution in [2.45, 2.75) is 31.7 Å². The molecule has 6 heteroatoms. The molecule has 0 radical (unpaired) electrons. The van der Waals surface area contributed by atoms with Crippen LogP contribution >= 0.6 is 35.0 Å². The van der Waals surface area contributed by atoms with E-state index in [0.717, 1.165) is 28.3 Å². The molecule has 28 heavy (non-hydrogen) atoms. The predicted octanol–water partition coefficient (Wildman–Crippen LogP) is 6.36. The normalized spacial score (nSPS) is 26.4. The molecule has 1 amide bonds. The van der Waals surface area contributed by atoms with Gasteiger partial charge in [-0.25, -0.2) is 0 Å². The summed E-state index contributed by atoms with van der Waals surface area (Å²) in [7, 11) is 0. The molecule has 0 bridgehead atoms. The molecule has 1 unspecified atom stereocenters.